The first-order valence-corrected chi connectivity index (χ1v) is 22.4. The third-order valence-corrected chi connectivity index (χ3v) is 16.1. The molecule has 2 atom stereocenters. The molecule has 10 aromatic rings. The highest BCUT2D eigenvalue weighted by molar-refractivity contribution is 7.25. The van der Waals surface area contributed by atoms with E-state index >= 15 is 0 Å². The van der Waals surface area contributed by atoms with Crippen molar-refractivity contribution < 1.29 is 0 Å². The smallest absolute Gasteiger partial charge is 0.0720 e. The Balaban J connectivity index is 1.10. The third-order valence-electron chi connectivity index (χ3n) is 14.9. The molecule has 2 unspecified atom stereocenters. The molecule has 0 radical (unpaired) electrons. The van der Waals surface area contributed by atoms with E-state index in [1.807, 2.05) is 11.3 Å². The second kappa shape index (κ2) is 12.1. The van der Waals surface area contributed by atoms with Crippen LogP contribution in [0.2, 0.25) is 0 Å². The summed E-state index contributed by atoms with van der Waals surface area (Å²) < 4.78 is 2.66. The quantitative estimate of drug-likeness (QED) is 0.168. The summed E-state index contributed by atoms with van der Waals surface area (Å²) in [7, 11) is 0. The Morgan fingerprint density at radius 2 is 0.902 bits per heavy atom. The zero-order valence-electron chi connectivity index (χ0n) is 33.6. The van der Waals surface area contributed by atoms with Gasteiger partial charge in [0.25, 0.3) is 0 Å². The maximum absolute atomic E-state index is 2.72. The predicted octanol–water partition coefficient (Wildman–Crippen LogP) is 15.1. The number of fused-ring (bicyclic) bond motifs is 21. The number of thiophene rings is 1. The Labute approximate surface area is 359 Å². The van der Waals surface area contributed by atoms with Crippen LogP contribution in [-0.4, -0.2) is 0 Å². The lowest BCUT2D eigenvalue weighted by atomic mass is 9.52. The van der Waals surface area contributed by atoms with Crippen molar-refractivity contribution in [1.29, 1.82) is 0 Å². The molecule has 0 fully saturated rings. The van der Waals surface area contributed by atoms with Gasteiger partial charge < -0.3 is 4.90 Å². The van der Waals surface area contributed by atoms with Gasteiger partial charge in [-0.2, -0.15) is 0 Å². The summed E-state index contributed by atoms with van der Waals surface area (Å²) in [5.41, 5.74) is 20.6. The van der Waals surface area contributed by atoms with Gasteiger partial charge in [-0.15, -0.1) is 11.3 Å². The van der Waals surface area contributed by atoms with Crippen LogP contribution < -0.4 is 4.90 Å². The average molecular weight is 794 g/mol. The maximum Gasteiger partial charge on any atom is 0.0720 e. The van der Waals surface area contributed by atoms with Gasteiger partial charge in [-0.3, -0.25) is 0 Å². The minimum Gasteiger partial charge on any atom is -0.333 e. The van der Waals surface area contributed by atoms with E-state index in [1.54, 1.807) is 0 Å². The molecule has 1 aliphatic heterocycles. The van der Waals surface area contributed by atoms with E-state index in [1.165, 1.54) is 109 Å². The molecule has 14 rings (SSSR count). The van der Waals surface area contributed by atoms with Crippen LogP contribution in [-0.2, 0) is 10.8 Å². The number of rotatable bonds is 2. The molecule has 0 bridgehead atoms. The highest BCUT2D eigenvalue weighted by Gasteiger charge is 2.60. The highest BCUT2D eigenvalue weighted by atomic mass is 32.1. The van der Waals surface area contributed by atoms with Crippen LogP contribution in [0.3, 0.4) is 0 Å². The number of benzene rings is 9. The van der Waals surface area contributed by atoms with Crippen LogP contribution in [0.15, 0.2) is 206 Å². The molecule has 4 aliphatic rings. The summed E-state index contributed by atoms with van der Waals surface area (Å²) in [5.74, 6) is 0.252. The van der Waals surface area contributed by atoms with Crippen LogP contribution in [0.1, 0.15) is 74.5 Å². The van der Waals surface area contributed by atoms with E-state index in [0.29, 0.717) is 0 Å². The molecule has 0 saturated heterocycles. The van der Waals surface area contributed by atoms with Crippen LogP contribution in [0.25, 0.3) is 42.4 Å². The summed E-state index contributed by atoms with van der Waals surface area (Å²) in [5, 5.41) is 2.66. The maximum atomic E-state index is 2.72. The molecule has 0 saturated carbocycles. The summed E-state index contributed by atoms with van der Waals surface area (Å²) in [6.07, 6.45) is 0. The number of hydrogen-bond donors (Lipinski definition) is 0. The summed E-state index contributed by atoms with van der Waals surface area (Å²) in [6, 6.07) is 79.1. The van der Waals surface area contributed by atoms with Crippen molar-refractivity contribution in [1.82, 2.24) is 0 Å². The van der Waals surface area contributed by atoms with Crippen molar-refractivity contribution in [3.8, 4) is 22.3 Å². The second-order valence-corrected chi connectivity index (χ2v) is 18.5. The monoisotopic (exact) mass is 793 g/mol. The van der Waals surface area contributed by atoms with Gasteiger partial charge in [0.1, 0.15) is 0 Å². The van der Waals surface area contributed by atoms with Crippen molar-refractivity contribution in [2.75, 3.05) is 4.90 Å². The molecular weight excluding hydrogens is 755 g/mol. The summed E-state index contributed by atoms with van der Waals surface area (Å²) in [6.45, 7) is 2.45. The predicted molar refractivity (Wildman–Crippen MR) is 254 cm³/mol. The fourth-order valence-corrected chi connectivity index (χ4v) is 13.8. The molecule has 0 amide bonds. The van der Waals surface area contributed by atoms with E-state index in [-0.39, 0.29) is 12.0 Å². The van der Waals surface area contributed by atoms with Crippen molar-refractivity contribution in [2.45, 2.75) is 29.7 Å². The highest BCUT2D eigenvalue weighted by Crippen LogP contribution is 2.70. The Morgan fingerprint density at radius 3 is 1.54 bits per heavy atom. The molecule has 2 heteroatoms. The average Bonchev–Trinajstić information content (AvgIpc) is 4.03. The summed E-state index contributed by atoms with van der Waals surface area (Å²) in [4.78, 5) is 2.72. The molecule has 2 heterocycles. The van der Waals surface area contributed by atoms with E-state index < -0.39 is 10.8 Å². The van der Waals surface area contributed by atoms with Gasteiger partial charge >= 0.3 is 0 Å². The van der Waals surface area contributed by atoms with E-state index in [4.69, 9.17) is 0 Å². The standard InChI is InChI=1S/C59H39NS/c1-36-39-32-33-52-55(57(39)60(56(36)37-17-3-2-4-18-37)38-31-34-54-44(35-38)42-21-8-16-30-53(42)61-54)43-22-7-11-25-47(43)59(52)50-28-14-12-26-48(50)58(49-27-13-15-29-51(49)59)45-23-9-5-19-40(45)41-20-6-10-24-46(41)58/h2-36,56H,1H3. The molecule has 61 heavy (non-hydrogen) atoms. The fourth-order valence-electron chi connectivity index (χ4n) is 12.7. The normalized spacial score (nSPS) is 17.8. The van der Waals surface area contributed by atoms with Crippen LogP contribution in [0.4, 0.5) is 11.4 Å². The van der Waals surface area contributed by atoms with E-state index in [9.17, 15) is 0 Å². The fraction of sp³-hybridized carbons (Fsp3) is 0.0847. The molecule has 9 aromatic carbocycles. The number of anilines is 2. The van der Waals surface area contributed by atoms with Gasteiger partial charge in [-0.05, 0) is 96.6 Å². The Kier molecular flexibility index (Phi) is 6.68. The molecule has 1 nitrogen and oxygen atoms in total. The van der Waals surface area contributed by atoms with Gasteiger partial charge in [0.05, 0.1) is 22.6 Å². The molecule has 1 aromatic heterocycles. The lowest BCUT2D eigenvalue weighted by molar-refractivity contribution is 0.627. The Hall–Kier alpha value is -7.00. The topological polar surface area (TPSA) is 3.24 Å². The van der Waals surface area contributed by atoms with Crippen LogP contribution in [0.5, 0.6) is 0 Å². The largest absolute Gasteiger partial charge is 0.333 e. The molecular formula is C59H39NS. The first-order valence-electron chi connectivity index (χ1n) is 21.6. The van der Waals surface area contributed by atoms with Crippen LogP contribution in [0, 0.1) is 0 Å². The zero-order valence-corrected chi connectivity index (χ0v) is 34.5. The van der Waals surface area contributed by atoms with Crippen molar-refractivity contribution in [2.24, 2.45) is 0 Å². The lowest BCUT2D eigenvalue weighted by Crippen LogP contribution is -2.43. The molecule has 0 N–H and O–H groups in total. The third kappa shape index (κ3) is 4.03. The van der Waals surface area contributed by atoms with E-state index in [0.717, 1.165) is 0 Å². The Bertz CT molecular complexity index is 3390. The first-order chi connectivity index (χ1) is 30.2. The summed E-state index contributed by atoms with van der Waals surface area (Å²) >= 11 is 1.89. The van der Waals surface area contributed by atoms with Gasteiger partial charge in [0.2, 0.25) is 0 Å². The van der Waals surface area contributed by atoms with Gasteiger partial charge in [0.15, 0.2) is 0 Å². The van der Waals surface area contributed by atoms with Crippen molar-refractivity contribution in [3.05, 3.63) is 262 Å². The molecule has 3 aliphatic carbocycles. The van der Waals surface area contributed by atoms with Crippen molar-refractivity contribution in [3.63, 3.8) is 0 Å². The SMILES string of the molecule is CC1c2ccc3c(c2N(c2ccc4sc5ccccc5c4c2)C1c1ccccc1)-c1ccccc1C31c2ccccc2C2(c3ccccc3-c3ccccc32)c2ccccc21. The second-order valence-electron chi connectivity index (χ2n) is 17.4. The number of nitrogens with zero attached hydrogens (tertiary/aromatic N) is 1. The zero-order chi connectivity index (χ0) is 40.0. The Morgan fingerprint density at radius 1 is 0.410 bits per heavy atom. The van der Waals surface area contributed by atoms with Crippen LogP contribution >= 0.6 is 11.3 Å². The van der Waals surface area contributed by atoms with Gasteiger partial charge in [-0.1, -0.05) is 189 Å². The first kappa shape index (κ1) is 33.8. The van der Waals surface area contributed by atoms with Gasteiger partial charge in [-0.25, -0.2) is 0 Å². The van der Waals surface area contributed by atoms with Crippen molar-refractivity contribution >= 4 is 42.9 Å². The number of hydrogen-bond acceptors (Lipinski definition) is 2. The lowest BCUT2D eigenvalue weighted by Gasteiger charge is -2.48. The molecule has 2 spiro atoms. The minimum absolute atomic E-state index is 0.120. The minimum atomic E-state index is -0.543. The van der Waals surface area contributed by atoms with Gasteiger partial charge in [0, 0.05) is 37.3 Å². The van der Waals surface area contributed by atoms with E-state index in [2.05, 4.69) is 218 Å². The molecule has 286 valence electrons.